The predicted molar refractivity (Wildman–Crippen MR) is 168 cm³/mol. The second-order valence-corrected chi connectivity index (χ2v) is 11.7. The summed E-state index contributed by atoms with van der Waals surface area (Å²) in [4.78, 5) is 57.7. The molecule has 0 fully saturated rings. The molecule has 1 aliphatic rings. The summed E-state index contributed by atoms with van der Waals surface area (Å²) in [6.07, 6.45) is 2.81. The number of nitrogens with zero attached hydrogens (tertiary/aromatic N) is 1. The van der Waals surface area contributed by atoms with Gasteiger partial charge in [0.15, 0.2) is 0 Å². The summed E-state index contributed by atoms with van der Waals surface area (Å²) in [5.74, 6) is -2.06. The Hall–Kier alpha value is -4.02. The average Bonchev–Trinajstić information content (AvgIpc) is 3.31. The third-order valence-corrected chi connectivity index (χ3v) is 8.33. The molecule has 2 heterocycles. The van der Waals surface area contributed by atoms with Crippen molar-refractivity contribution in [2.45, 2.75) is 64.1 Å². The molecule has 0 saturated heterocycles. The number of carbonyl (C=O) groups is 4. The van der Waals surface area contributed by atoms with Gasteiger partial charge in [0.1, 0.15) is 23.0 Å². The van der Waals surface area contributed by atoms with Crippen LogP contribution >= 0.6 is 23.2 Å². The molecule has 1 aromatic heterocycles. The molecule has 3 atom stereocenters. The maximum Gasteiger partial charge on any atom is 0.308 e. The number of hydrogen-bond acceptors (Lipinski definition) is 6. The number of amides is 3. The van der Waals surface area contributed by atoms with E-state index in [1.54, 1.807) is 13.0 Å². The number of likely N-dealkylation sites (N-methyl/N-ethyl adjacent to an activating group) is 1. The van der Waals surface area contributed by atoms with Gasteiger partial charge in [0.05, 0.1) is 24.1 Å². The van der Waals surface area contributed by atoms with Crippen LogP contribution in [0.5, 0.6) is 5.75 Å². The molecule has 0 saturated carbocycles. The standard InChI is InChI=1S/C32H36Cl2N4O6/c1-18-7-6-14-44-29(41)17-25(20-11-12-27(39)23(33)15-20)37-31(42)26(38(3)32(43)19(2)35-28(40)13-10-18)16-22-21-8-4-5-9-24(21)36-30(22)34/h4-5,7-9,11-12,15,19,25-26,36,39H,6,10,13-14,16-17H2,1-3H3,(H,35,40)(H,37,42)/t19-,25+,26+/m0/s1. The number of rotatable bonds is 3. The lowest BCUT2D eigenvalue weighted by Gasteiger charge is -2.31. The van der Waals surface area contributed by atoms with Crippen LogP contribution in [0, 0.1) is 0 Å². The van der Waals surface area contributed by atoms with E-state index in [0.717, 1.165) is 16.5 Å². The van der Waals surface area contributed by atoms with E-state index in [0.29, 0.717) is 29.1 Å². The smallest absolute Gasteiger partial charge is 0.308 e. The van der Waals surface area contributed by atoms with Crippen molar-refractivity contribution in [3.05, 3.63) is 75.4 Å². The predicted octanol–water partition coefficient (Wildman–Crippen LogP) is 4.98. The summed E-state index contributed by atoms with van der Waals surface area (Å²) in [5, 5.41) is 16.8. The van der Waals surface area contributed by atoms with Crippen molar-refractivity contribution in [3.63, 3.8) is 0 Å². The highest BCUT2D eigenvalue weighted by Gasteiger charge is 2.34. The fourth-order valence-corrected chi connectivity index (χ4v) is 5.65. The first-order chi connectivity index (χ1) is 20.9. The molecule has 2 aromatic carbocycles. The first-order valence-corrected chi connectivity index (χ1v) is 15.1. The van der Waals surface area contributed by atoms with Crippen molar-refractivity contribution >= 4 is 57.8 Å². The number of nitrogens with one attached hydrogen (secondary N) is 3. The number of carbonyl (C=O) groups excluding carboxylic acids is 4. The van der Waals surface area contributed by atoms with Crippen molar-refractivity contribution < 1.29 is 29.0 Å². The van der Waals surface area contributed by atoms with Crippen LogP contribution in [0.2, 0.25) is 10.2 Å². The monoisotopic (exact) mass is 642 g/mol. The molecule has 4 N–H and O–H groups in total. The highest BCUT2D eigenvalue weighted by molar-refractivity contribution is 6.32. The van der Waals surface area contributed by atoms with E-state index in [2.05, 4.69) is 15.6 Å². The van der Waals surface area contributed by atoms with Gasteiger partial charge in [-0.25, -0.2) is 0 Å². The van der Waals surface area contributed by atoms with E-state index in [4.69, 9.17) is 27.9 Å². The average molecular weight is 644 g/mol. The number of halogens is 2. The molecule has 3 aromatic rings. The van der Waals surface area contributed by atoms with E-state index in [1.165, 1.54) is 24.1 Å². The van der Waals surface area contributed by atoms with Gasteiger partial charge in [0, 0.05) is 30.8 Å². The lowest BCUT2D eigenvalue weighted by atomic mass is 9.99. The van der Waals surface area contributed by atoms with Crippen LogP contribution in [0.3, 0.4) is 0 Å². The van der Waals surface area contributed by atoms with Crippen molar-refractivity contribution in [1.82, 2.24) is 20.5 Å². The van der Waals surface area contributed by atoms with Crippen LogP contribution < -0.4 is 10.6 Å². The number of benzene rings is 2. The molecule has 0 spiro atoms. The Morgan fingerprint density at radius 3 is 2.55 bits per heavy atom. The van der Waals surface area contributed by atoms with Gasteiger partial charge in [0.2, 0.25) is 17.7 Å². The molecule has 0 aliphatic carbocycles. The number of H-pyrrole nitrogens is 1. The summed E-state index contributed by atoms with van der Waals surface area (Å²) >= 11 is 12.8. The first kappa shape index (κ1) is 32.9. The number of cyclic esters (lactones) is 1. The van der Waals surface area contributed by atoms with Gasteiger partial charge >= 0.3 is 5.97 Å². The number of ether oxygens (including phenoxy) is 1. The van der Waals surface area contributed by atoms with E-state index < -0.39 is 35.9 Å². The van der Waals surface area contributed by atoms with E-state index in [9.17, 15) is 24.3 Å². The molecule has 4 rings (SSSR count). The van der Waals surface area contributed by atoms with Crippen molar-refractivity contribution in [1.29, 1.82) is 0 Å². The zero-order chi connectivity index (χ0) is 32.0. The Morgan fingerprint density at radius 2 is 1.80 bits per heavy atom. The molecular weight excluding hydrogens is 607 g/mol. The molecule has 10 nitrogen and oxygen atoms in total. The molecule has 3 amide bonds. The number of fused-ring (bicyclic) bond motifs is 1. The largest absolute Gasteiger partial charge is 0.506 e. The molecule has 44 heavy (non-hydrogen) atoms. The van der Waals surface area contributed by atoms with Crippen LogP contribution in [0.15, 0.2) is 54.1 Å². The maximum absolute atomic E-state index is 14.1. The highest BCUT2D eigenvalue weighted by Crippen LogP contribution is 2.30. The quantitative estimate of drug-likeness (QED) is 0.235. The normalized spacial score (nSPS) is 21.6. The number of phenolic OH excluding ortho intramolecular Hbond substituents is 1. The molecule has 0 radical (unpaired) electrons. The van der Waals surface area contributed by atoms with Crippen molar-refractivity contribution in [2.24, 2.45) is 0 Å². The van der Waals surface area contributed by atoms with Gasteiger partial charge in [-0.3, -0.25) is 19.2 Å². The van der Waals surface area contributed by atoms with Gasteiger partial charge in [-0.05, 0) is 56.0 Å². The fourth-order valence-electron chi connectivity index (χ4n) is 5.18. The van der Waals surface area contributed by atoms with Crippen LogP contribution in [0.1, 0.15) is 56.7 Å². The number of aromatic amines is 1. The number of allylic oxidation sites excluding steroid dienone is 1. The highest BCUT2D eigenvalue weighted by atomic mass is 35.5. The molecule has 1 aliphatic heterocycles. The number of hydrogen-bond donors (Lipinski definition) is 4. The summed E-state index contributed by atoms with van der Waals surface area (Å²) in [6.45, 7) is 3.58. The Bertz CT molecular complexity index is 1590. The topological polar surface area (TPSA) is 141 Å². The molecular formula is C32H36Cl2N4O6. The minimum Gasteiger partial charge on any atom is -0.506 e. The Labute approximate surface area is 265 Å². The van der Waals surface area contributed by atoms with Crippen LogP contribution in [0.4, 0.5) is 0 Å². The van der Waals surface area contributed by atoms with Crippen LogP contribution in [0.25, 0.3) is 10.9 Å². The van der Waals surface area contributed by atoms with Gasteiger partial charge in [-0.15, -0.1) is 0 Å². The summed E-state index contributed by atoms with van der Waals surface area (Å²) in [6, 6.07) is 8.91. The van der Waals surface area contributed by atoms with Crippen molar-refractivity contribution in [2.75, 3.05) is 13.7 Å². The molecule has 0 bridgehead atoms. The van der Waals surface area contributed by atoms with Gasteiger partial charge in [-0.2, -0.15) is 0 Å². The number of aromatic hydroxyl groups is 1. The number of aromatic nitrogens is 1. The van der Waals surface area contributed by atoms with E-state index in [-0.39, 0.29) is 42.5 Å². The third kappa shape index (κ3) is 8.12. The fraction of sp³-hybridized carbons (Fsp3) is 0.375. The van der Waals surface area contributed by atoms with E-state index >= 15 is 0 Å². The number of phenols is 1. The van der Waals surface area contributed by atoms with Gasteiger partial charge < -0.3 is 30.4 Å². The van der Waals surface area contributed by atoms with Gasteiger partial charge in [-0.1, -0.05) is 59.1 Å². The molecule has 0 unspecified atom stereocenters. The van der Waals surface area contributed by atoms with Gasteiger partial charge in [0.25, 0.3) is 0 Å². The first-order valence-electron chi connectivity index (χ1n) is 14.4. The Kier molecular flexibility index (Phi) is 10.9. The van der Waals surface area contributed by atoms with Crippen LogP contribution in [-0.2, 0) is 30.3 Å². The zero-order valence-corrected chi connectivity index (χ0v) is 26.3. The second-order valence-electron chi connectivity index (χ2n) is 11.0. The molecule has 234 valence electrons. The summed E-state index contributed by atoms with van der Waals surface area (Å²) in [7, 11) is 1.49. The minimum absolute atomic E-state index is 0.0368. The SMILES string of the molecule is CC1=CCCOC(=O)C[C@H](c2ccc(O)c(Cl)c2)NC(=O)[C@@H](Cc2c(Cl)[nH]c3ccccc23)N(C)C(=O)[C@H](C)NC(=O)CC1. The summed E-state index contributed by atoms with van der Waals surface area (Å²) in [5.41, 5.74) is 2.81. The lowest BCUT2D eigenvalue weighted by molar-refractivity contribution is -0.145. The Balaban J connectivity index is 1.73. The zero-order valence-electron chi connectivity index (χ0n) is 24.8. The van der Waals surface area contributed by atoms with Crippen LogP contribution in [-0.4, -0.2) is 64.4 Å². The van der Waals surface area contributed by atoms with Crippen molar-refractivity contribution in [3.8, 4) is 5.75 Å². The maximum atomic E-state index is 14.1. The Morgan fingerprint density at radius 1 is 1.05 bits per heavy atom. The number of para-hydroxylation sites is 1. The molecule has 12 heteroatoms. The number of esters is 1. The second kappa shape index (κ2) is 14.6. The minimum atomic E-state index is -1.09. The van der Waals surface area contributed by atoms with E-state index in [1.807, 2.05) is 37.3 Å². The lowest BCUT2D eigenvalue weighted by Crippen LogP contribution is -2.54. The third-order valence-electron chi connectivity index (χ3n) is 7.71. The summed E-state index contributed by atoms with van der Waals surface area (Å²) < 4.78 is 5.44.